The van der Waals surface area contributed by atoms with Gasteiger partial charge in [0.25, 0.3) is 10.0 Å². The molecule has 1 N–H and O–H groups in total. The predicted molar refractivity (Wildman–Crippen MR) is 180 cm³/mol. The normalized spacial score (nSPS) is 11.8. The van der Waals surface area contributed by atoms with Gasteiger partial charge in [-0.15, -0.1) is 0 Å². The van der Waals surface area contributed by atoms with Gasteiger partial charge in [-0.05, 0) is 85.1 Å². The lowest BCUT2D eigenvalue weighted by Crippen LogP contribution is -2.53. The first-order chi connectivity index (χ1) is 22.1. The summed E-state index contributed by atoms with van der Waals surface area (Å²) in [6.45, 7) is 3.98. The second kappa shape index (κ2) is 16.4. The number of sulfonamides is 1. The number of amides is 2. The number of nitrogens with zero attached hydrogens (tertiary/aromatic N) is 2. The van der Waals surface area contributed by atoms with Gasteiger partial charge in [-0.3, -0.25) is 13.9 Å². The maximum atomic E-state index is 14.4. The van der Waals surface area contributed by atoms with Crippen LogP contribution in [0.25, 0.3) is 0 Å². The van der Waals surface area contributed by atoms with Crippen molar-refractivity contribution < 1.29 is 27.1 Å². The summed E-state index contributed by atoms with van der Waals surface area (Å²) in [5.41, 5.74) is 1.68. The summed E-state index contributed by atoms with van der Waals surface area (Å²) in [5, 5.41) is 2.92. The van der Waals surface area contributed by atoms with E-state index >= 15 is 0 Å². The molecule has 0 unspecified atom stereocenters. The fraction of sp³-hybridized carbons (Fsp3) is 0.257. The van der Waals surface area contributed by atoms with Gasteiger partial charge in [0, 0.05) is 24.0 Å². The molecule has 4 aromatic carbocycles. The smallest absolute Gasteiger partial charge is 0.264 e. The van der Waals surface area contributed by atoms with Gasteiger partial charge in [0.2, 0.25) is 11.8 Å². The van der Waals surface area contributed by atoms with Crippen LogP contribution >= 0.6 is 15.9 Å². The van der Waals surface area contributed by atoms with Crippen molar-refractivity contribution in [2.75, 3.05) is 24.0 Å². The van der Waals surface area contributed by atoms with Crippen LogP contribution in [-0.4, -0.2) is 50.9 Å². The van der Waals surface area contributed by atoms with Gasteiger partial charge in [-0.1, -0.05) is 65.3 Å². The topological polar surface area (TPSA) is 96.0 Å². The Hall–Kier alpha value is -4.22. The number of rotatable bonds is 15. The van der Waals surface area contributed by atoms with Crippen molar-refractivity contribution in [3.63, 3.8) is 0 Å². The molecule has 0 fully saturated rings. The molecule has 0 aliphatic carbocycles. The van der Waals surface area contributed by atoms with E-state index < -0.39 is 34.3 Å². The highest BCUT2D eigenvalue weighted by atomic mass is 79.9. The molecular weight excluding hydrogens is 673 g/mol. The minimum atomic E-state index is -4.33. The Morgan fingerprint density at radius 3 is 2.20 bits per heavy atom. The number of nitrogens with one attached hydrogen (secondary N) is 1. The van der Waals surface area contributed by atoms with E-state index in [0.29, 0.717) is 25.3 Å². The highest BCUT2D eigenvalue weighted by Gasteiger charge is 2.34. The number of hydrogen-bond acceptors (Lipinski definition) is 5. The number of carbonyl (C=O) groups excluding carboxylic acids is 2. The van der Waals surface area contributed by atoms with Crippen molar-refractivity contribution >= 4 is 43.5 Å². The quantitative estimate of drug-likeness (QED) is 0.155. The Balaban J connectivity index is 1.78. The molecule has 0 radical (unpaired) electrons. The third-order valence-corrected chi connectivity index (χ3v) is 9.46. The van der Waals surface area contributed by atoms with E-state index in [1.165, 1.54) is 41.3 Å². The highest BCUT2D eigenvalue weighted by molar-refractivity contribution is 9.10. The van der Waals surface area contributed by atoms with Gasteiger partial charge in [-0.25, -0.2) is 12.8 Å². The molecule has 11 heteroatoms. The number of halogens is 2. The molecule has 0 saturated heterocycles. The largest absolute Gasteiger partial charge is 0.494 e. The van der Waals surface area contributed by atoms with Gasteiger partial charge in [0.1, 0.15) is 24.2 Å². The van der Waals surface area contributed by atoms with Crippen LogP contribution in [0.4, 0.5) is 10.1 Å². The Morgan fingerprint density at radius 1 is 0.891 bits per heavy atom. The monoisotopic (exact) mass is 709 g/mol. The van der Waals surface area contributed by atoms with Crippen molar-refractivity contribution in [1.82, 2.24) is 10.2 Å². The van der Waals surface area contributed by atoms with Gasteiger partial charge in [0.05, 0.1) is 17.2 Å². The zero-order valence-corrected chi connectivity index (χ0v) is 28.1. The molecule has 46 heavy (non-hydrogen) atoms. The van der Waals surface area contributed by atoms with Gasteiger partial charge >= 0.3 is 0 Å². The van der Waals surface area contributed by atoms with E-state index in [0.717, 1.165) is 32.0 Å². The Bertz CT molecular complexity index is 1700. The molecule has 0 aromatic heterocycles. The lowest BCUT2D eigenvalue weighted by molar-refractivity contribution is -0.140. The van der Waals surface area contributed by atoms with E-state index in [1.807, 2.05) is 68.4 Å². The van der Waals surface area contributed by atoms with Crippen LogP contribution in [0, 0.1) is 5.82 Å². The highest BCUT2D eigenvalue weighted by Crippen LogP contribution is 2.27. The van der Waals surface area contributed by atoms with Crippen molar-refractivity contribution in [3.8, 4) is 5.75 Å². The van der Waals surface area contributed by atoms with Gasteiger partial charge < -0.3 is 15.0 Å². The minimum absolute atomic E-state index is 0.0374. The third kappa shape index (κ3) is 9.17. The van der Waals surface area contributed by atoms with Crippen molar-refractivity contribution in [2.24, 2.45) is 0 Å². The van der Waals surface area contributed by atoms with Crippen LogP contribution in [0.3, 0.4) is 0 Å². The molecule has 0 aliphatic heterocycles. The summed E-state index contributed by atoms with van der Waals surface area (Å²) in [5.74, 6) is -1.02. The third-order valence-electron chi connectivity index (χ3n) is 7.18. The number of benzene rings is 4. The fourth-order valence-corrected chi connectivity index (χ4v) is 6.75. The van der Waals surface area contributed by atoms with Crippen LogP contribution in [0.2, 0.25) is 0 Å². The summed E-state index contributed by atoms with van der Waals surface area (Å²) >= 11 is 3.48. The summed E-state index contributed by atoms with van der Waals surface area (Å²) in [4.78, 5) is 29.5. The lowest BCUT2D eigenvalue weighted by Gasteiger charge is -2.34. The first-order valence-corrected chi connectivity index (χ1v) is 17.2. The number of carbonyl (C=O) groups is 2. The fourth-order valence-electron chi connectivity index (χ4n) is 4.89. The first kappa shape index (κ1) is 34.6. The van der Waals surface area contributed by atoms with Gasteiger partial charge in [0.15, 0.2) is 0 Å². The zero-order valence-electron chi connectivity index (χ0n) is 25.7. The summed E-state index contributed by atoms with van der Waals surface area (Å²) in [7, 11) is -4.33. The standard InChI is InChI=1S/C35H37BrFN3O5S/c1-3-21-38-35(42)33(23-26-9-6-5-7-10-26)39(24-27-11-8-12-28(36)22-27)34(41)25-40(30-15-13-29(37)14-16-30)46(43,44)32-19-17-31(18-20-32)45-4-2/h5-20,22,33H,3-4,21,23-25H2,1-2H3,(H,38,42)/t33-/m1/s1. The summed E-state index contributed by atoms with van der Waals surface area (Å²) < 4.78 is 49.4. The van der Waals surface area contributed by atoms with E-state index in [1.54, 1.807) is 0 Å². The number of ether oxygens (including phenoxy) is 1. The number of anilines is 1. The van der Waals surface area contributed by atoms with Crippen LogP contribution in [0.1, 0.15) is 31.4 Å². The molecule has 8 nitrogen and oxygen atoms in total. The van der Waals surface area contributed by atoms with Crippen molar-refractivity contribution in [1.29, 1.82) is 0 Å². The molecule has 0 heterocycles. The minimum Gasteiger partial charge on any atom is -0.494 e. The zero-order chi connectivity index (χ0) is 33.1. The van der Waals surface area contributed by atoms with Crippen molar-refractivity contribution in [2.45, 2.75) is 44.2 Å². The van der Waals surface area contributed by atoms with Crippen LogP contribution in [0.15, 0.2) is 112 Å². The summed E-state index contributed by atoms with van der Waals surface area (Å²) in [6.07, 6.45) is 0.903. The average Bonchev–Trinajstić information content (AvgIpc) is 3.05. The average molecular weight is 711 g/mol. The molecule has 0 spiro atoms. The van der Waals surface area contributed by atoms with E-state index in [9.17, 15) is 22.4 Å². The predicted octanol–water partition coefficient (Wildman–Crippen LogP) is 6.35. The van der Waals surface area contributed by atoms with E-state index in [2.05, 4.69) is 21.2 Å². The molecule has 4 aromatic rings. The first-order valence-electron chi connectivity index (χ1n) is 15.0. The molecular formula is C35H37BrFN3O5S. The maximum Gasteiger partial charge on any atom is 0.264 e. The number of hydrogen-bond donors (Lipinski definition) is 1. The van der Waals surface area contributed by atoms with Gasteiger partial charge in [-0.2, -0.15) is 0 Å². The molecule has 242 valence electrons. The lowest BCUT2D eigenvalue weighted by atomic mass is 10.0. The van der Waals surface area contributed by atoms with Crippen molar-refractivity contribution in [3.05, 3.63) is 125 Å². The molecule has 0 bridgehead atoms. The molecule has 2 amide bonds. The molecule has 4 rings (SSSR count). The maximum absolute atomic E-state index is 14.4. The second-order valence-corrected chi connectivity index (χ2v) is 13.3. The van der Waals surface area contributed by atoms with Crippen LogP contribution in [0.5, 0.6) is 5.75 Å². The van der Waals surface area contributed by atoms with E-state index in [-0.39, 0.29) is 29.5 Å². The molecule has 0 saturated carbocycles. The SMILES string of the molecule is CCCNC(=O)[C@@H](Cc1ccccc1)N(Cc1cccc(Br)c1)C(=O)CN(c1ccc(F)cc1)S(=O)(=O)c1ccc(OCC)cc1. The Labute approximate surface area is 278 Å². The van der Waals surface area contributed by atoms with Crippen LogP contribution < -0.4 is 14.4 Å². The Morgan fingerprint density at radius 2 is 1.57 bits per heavy atom. The second-order valence-electron chi connectivity index (χ2n) is 10.5. The summed E-state index contributed by atoms with van der Waals surface area (Å²) in [6, 6.07) is 26.5. The molecule has 1 atom stereocenters. The van der Waals surface area contributed by atoms with E-state index in [4.69, 9.17) is 4.74 Å². The van der Waals surface area contributed by atoms with Crippen LogP contribution in [-0.2, 0) is 32.6 Å². The molecule has 0 aliphatic rings. The Kier molecular flexibility index (Phi) is 12.3.